The maximum Gasteiger partial charge on any atom is 0.404 e. The smallest absolute Gasteiger partial charge is 0.404 e. The standard InChI is InChI=1S/C14H20N4O3/c1-8-4-9(21-14(16)19)7-18(6-8)12-10-2-3-20-13(10)17-5-11(12)15/h5,8-9H,2-4,6-7,15H2,1H3,(H2,16,19)/t8-,9+/m1/s1. The van der Waals surface area contributed by atoms with Gasteiger partial charge in [0.15, 0.2) is 0 Å². The van der Waals surface area contributed by atoms with E-state index in [1.165, 1.54) is 0 Å². The Morgan fingerprint density at radius 3 is 3.10 bits per heavy atom. The van der Waals surface area contributed by atoms with E-state index in [2.05, 4.69) is 16.8 Å². The first-order valence-electron chi connectivity index (χ1n) is 7.15. The fourth-order valence-electron chi connectivity index (χ4n) is 3.24. The molecule has 0 spiro atoms. The molecule has 1 saturated heterocycles. The number of anilines is 2. The van der Waals surface area contributed by atoms with E-state index < -0.39 is 6.09 Å². The number of piperidine rings is 1. The number of fused-ring (bicyclic) bond motifs is 1. The van der Waals surface area contributed by atoms with Crippen LogP contribution in [0.1, 0.15) is 18.9 Å². The number of pyridine rings is 1. The number of amides is 1. The van der Waals surface area contributed by atoms with E-state index >= 15 is 0 Å². The third kappa shape index (κ3) is 2.68. The summed E-state index contributed by atoms with van der Waals surface area (Å²) in [6.45, 7) is 4.20. The maximum atomic E-state index is 11.0. The third-order valence-corrected chi connectivity index (χ3v) is 3.95. The normalized spacial score (nSPS) is 24.3. The highest BCUT2D eigenvalue weighted by Gasteiger charge is 2.31. The number of nitrogens with zero attached hydrogens (tertiary/aromatic N) is 2. The van der Waals surface area contributed by atoms with Crippen molar-refractivity contribution in [1.82, 2.24) is 4.98 Å². The van der Waals surface area contributed by atoms with Crippen LogP contribution in [0.25, 0.3) is 0 Å². The van der Waals surface area contributed by atoms with Crippen LogP contribution >= 0.6 is 0 Å². The molecule has 4 N–H and O–H groups in total. The van der Waals surface area contributed by atoms with Crippen molar-refractivity contribution < 1.29 is 14.3 Å². The van der Waals surface area contributed by atoms with Crippen LogP contribution in [-0.2, 0) is 11.2 Å². The second-order valence-corrected chi connectivity index (χ2v) is 5.75. The minimum absolute atomic E-state index is 0.211. The molecule has 3 rings (SSSR count). The predicted octanol–water partition coefficient (Wildman–Crippen LogP) is 0.909. The highest BCUT2D eigenvalue weighted by Crippen LogP contribution is 2.38. The maximum absolute atomic E-state index is 11.0. The molecule has 0 aromatic carbocycles. The molecule has 21 heavy (non-hydrogen) atoms. The monoisotopic (exact) mass is 292 g/mol. The molecule has 1 aromatic rings. The van der Waals surface area contributed by atoms with Gasteiger partial charge in [0.25, 0.3) is 0 Å². The zero-order valence-electron chi connectivity index (χ0n) is 12.0. The molecular formula is C14H20N4O3. The van der Waals surface area contributed by atoms with E-state index in [-0.39, 0.29) is 6.10 Å². The van der Waals surface area contributed by atoms with Gasteiger partial charge in [0.2, 0.25) is 5.88 Å². The van der Waals surface area contributed by atoms with E-state index in [9.17, 15) is 4.79 Å². The number of ether oxygens (including phenoxy) is 2. The molecule has 0 unspecified atom stereocenters. The van der Waals surface area contributed by atoms with Crippen LogP contribution in [0.5, 0.6) is 5.88 Å². The second-order valence-electron chi connectivity index (χ2n) is 5.75. The number of aromatic nitrogens is 1. The zero-order valence-corrected chi connectivity index (χ0v) is 12.0. The lowest BCUT2D eigenvalue weighted by Gasteiger charge is -2.38. The molecule has 2 aliphatic heterocycles. The molecule has 0 bridgehead atoms. The van der Waals surface area contributed by atoms with Crippen LogP contribution in [0.4, 0.5) is 16.2 Å². The number of hydrogen-bond acceptors (Lipinski definition) is 6. The van der Waals surface area contributed by atoms with Gasteiger partial charge in [0, 0.05) is 18.5 Å². The van der Waals surface area contributed by atoms with Crippen molar-refractivity contribution in [3.8, 4) is 5.88 Å². The number of rotatable bonds is 2. The van der Waals surface area contributed by atoms with Crippen LogP contribution < -0.4 is 21.1 Å². The number of carbonyl (C=O) groups is 1. The Hall–Kier alpha value is -2.18. The van der Waals surface area contributed by atoms with E-state index in [0.717, 1.165) is 30.6 Å². The van der Waals surface area contributed by atoms with Crippen LogP contribution in [0.15, 0.2) is 6.20 Å². The SMILES string of the molecule is C[C@@H]1C[C@H](OC(N)=O)CN(c2c(N)cnc3c2CCO3)C1. The van der Waals surface area contributed by atoms with Gasteiger partial charge in [-0.05, 0) is 12.3 Å². The van der Waals surface area contributed by atoms with Gasteiger partial charge in [0.1, 0.15) is 6.10 Å². The third-order valence-electron chi connectivity index (χ3n) is 3.95. The molecule has 0 aliphatic carbocycles. The first kappa shape index (κ1) is 13.8. The van der Waals surface area contributed by atoms with Gasteiger partial charge in [-0.25, -0.2) is 9.78 Å². The zero-order chi connectivity index (χ0) is 15.0. The van der Waals surface area contributed by atoms with Crippen molar-refractivity contribution >= 4 is 17.5 Å². The van der Waals surface area contributed by atoms with Crippen molar-refractivity contribution in [2.45, 2.75) is 25.9 Å². The average Bonchev–Trinajstić information content (AvgIpc) is 2.84. The second kappa shape index (κ2) is 5.31. The summed E-state index contributed by atoms with van der Waals surface area (Å²) in [7, 11) is 0. The Balaban J connectivity index is 1.89. The highest BCUT2D eigenvalue weighted by atomic mass is 16.6. The molecule has 7 heteroatoms. The summed E-state index contributed by atoms with van der Waals surface area (Å²) >= 11 is 0. The lowest BCUT2D eigenvalue weighted by Crippen LogP contribution is -2.45. The summed E-state index contributed by atoms with van der Waals surface area (Å²) in [5.41, 5.74) is 13.9. The Morgan fingerprint density at radius 1 is 1.52 bits per heavy atom. The summed E-state index contributed by atoms with van der Waals surface area (Å²) in [5, 5.41) is 0. The van der Waals surface area contributed by atoms with E-state index in [0.29, 0.717) is 30.6 Å². The van der Waals surface area contributed by atoms with Crippen LogP contribution in [0.3, 0.4) is 0 Å². The van der Waals surface area contributed by atoms with Crippen LogP contribution in [0.2, 0.25) is 0 Å². The Kier molecular flexibility index (Phi) is 3.48. The Morgan fingerprint density at radius 2 is 2.33 bits per heavy atom. The minimum Gasteiger partial charge on any atom is -0.477 e. The fourth-order valence-corrected chi connectivity index (χ4v) is 3.24. The number of hydrogen-bond donors (Lipinski definition) is 2. The molecule has 1 fully saturated rings. The van der Waals surface area contributed by atoms with Crippen molar-refractivity contribution in [3.05, 3.63) is 11.8 Å². The molecule has 1 amide bonds. The van der Waals surface area contributed by atoms with Crippen molar-refractivity contribution in [2.75, 3.05) is 30.3 Å². The topological polar surface area (TPSA) is 104 Å². The van der Waals surface area contributed by atoms with Crippen LogP contribution in [0, 0.1) is 5.92 Å². The fraction of sp³-hybridized carbons (Fsp3) is 0.571. The summed E-state index contributed by atoms with van der Waals surface area (Å²) < 4.78 is 10.7. The largest absolute Gasteiger partial charge is 0.477 e. The Labute approximate surface area is 123 Å². The van der Waals surface area contributed by atoms with Crippen molar-refractivity contribution in [1.29, 1.82) is 0 Å². The van der Waals surface area contributed by atoms with Crippen molar-refractivity contribution in [2.24, 2.45) is 11.7 Å². The number of nitrogen functional groups attached to an aromatic ring is 1. The van der Waals surface area contributed by atoms with Gasteiger partial charge in [-0.1, -0.05) is 6.92 Å². The summed E-state index contributed by atoms with van der Waals surface area (Å²) in [5.74, 6) is 1.04. The highest BCUT2D eigenvalue weighted by molar-refractivity contribution is 5.74. The summed E-state index contributed by atoms with van der Waals surface area (Å²) in [6, 6.07) is 0. The summed E-state index contributed by atoms with van der Waals surface area (Å²) in [6.07, 6.45) is 2.29. The minimum atomic E-state index is -0.731. The van der Waals surface area contributed by atoms with Gasteiger partial charge in [0.05, 0.1) is 30.7 Å². The van der Waals surface area contributed by atoms with Gasteiger partial charge in [-0.2, -0.15) is 0 Å². The van der Waals surface area contributed by atoms with E-state index in [4.69, 9.17) is 20.9 Å². The Bertz CT molecular complexity index is 563. The van der Waals surface area contributed by atoms with E-state index in [1.54, 1.807) is 6.20 Å². The number of nitrogens with two attached hydrogens (primary N) is 2. The first-order chi connectivity index (χ1) is 10.0. The molecule has 0 radical (unpaired) electrons. The average molecular weight is 292 g/mol. The van der Waals surface area contributed by atoms with Gasteiger partial charge >= 0.3 is 6.09 Å². The summed E-state index contributed by atoms with van der Waals surface area (Å²) in [4.78, 5) is 17.4. The van der Waals surface area contributed by atoms with Crippen molar-refractivity contribution in [3.63, 3.8) is 0 Å². The van der Waals surface area contributed by atoms with E-state index in [1.807, 2.05) is 0 Å². The molecule has 2 atom stereocenters. The molecule has 0 saturated carbocycles. The molecule has 7 nitrogen and oxygen atoms in total. The van der Waals surface area contributed by atoms with Gasteiger partial charge in [-0.15, -0.1) is 0 Å². The van der Waals surface area contributed by atoms with Crippen LogP contribution in [-0.4, -0.2) is 36.9 Å². The molecule has 2 aliphatic rings. The molecular weight excluding hydrogens is 272 g/mol. The van der Waals surface area contributed by atoms with Gasteiger partial charge < -0.3 is 25.8 Å². The first-order valence-corrected chi connectivity index (χ1v) is 7.15. The lowest BCUT2D eigenvalue weighted by molar-refractivity contribution is 0.0855. The molecule has 1 aromatic heterocycles. The lowest BCUT2D eigenvalue weighted by atomic mass is 9.96. The molecule has 114 valence electrons. The quantitative estimate of drug-likeness (QED) is 0.839. The predicted molar refractivity (Wildman–Crippen MR) is 78.3 cm³/mol. The molecule has 3 heterocycles. The number of primary amides is 1. The number of carbonyl (C=O) groups excluding carboxylic acids is 1. The van der Waals surface area contributed by atoms with Gasteiger partial charge in [-0.3, -0.25) is 0 Å².